The molecule has 3 heterocycles. The van der Waals surface area contributed by atoms with Crippen LogP contribution in [0.25, 0.3) is 11.0 Å². The zero-order valence-corrected chi connectivity index (χ0v) is 17.2. The molecule has 2 aromatic heterocycles. The molecule has 4 N–H and O–H groups in total. The molecule has 9 heteroatoms. The number of H-pyrrole nitrogens is 1. The maximum atomic E-state index is 11.5. The minimum absolute atomic E-state index is 0.0147. The Labute approximate surface area is 175 Å². The van der Waals surface area contributed by atoms with Crippen LogP contribution in [0.5, 0.6) is 0 Å². The van der Waals surface area contributed by atoms with Gasteiger partial charge in [-0.1, -0.05) is 0 Å². The average molecular weight is 409 g/mol. The number of hydrogen-bond donors (Lipinski definition) is 4. The van der Waals surface area contributed by atoms with Crippen molar-refractivity contribution in [3.05, 3.63) is 36.5 Å². The number of aliphatic hydroxyl groups excluding tert-OH is 1. The number of aromatic nitrogens is 3. The van der Waals surface area contributed by atoms with Crippen molar-refractivity contribution in [3.8, 4) is 0 Å². The Hall–Kier alpha value is -3.33. The molecule has 9 nitrogen and oxygen atoms in total. The molecule has 1 saturated heterocycles. The van der Waals surface area contributed by atoms with Gasteiger partial charge in [0.2, 0.25) is 11.9 Å². The third-order valence-corrected chi connectivity index (χ3v) is 5.29. The van der Waals surface area contributed by atoms with Crippen LogP contribution in [0.4, 0.5) is 23.1 Å². The molecule has 1 aliphatic heterocycles. The second-order valence-electron chi connectivity index (χ2n) is 7.53. The number of aliphatic hydroxyl groups is 1. The largest absolute Gasteiger partial charge is 0.394 e. The number of nitrogens with zero attached hydrogens (tertiary/aromatic N) is 4. The number of aromatic amines is 1. The number of piperazine rings is 1. The summed E-state index contributed by atoms with van der Waals surface area (Å²) in [5.41, 5.74) is 2.73. The first-order valence-corrected chi connectivity index (χ1v) is 10.1. The Morgan fingerprint density at radius 2 is 1.90 bits per heavy atom. The van der Waals surface area contributed by atoms with Crippen LogP contribution in [-0.4, -0.2) is 69.7 Å². The van der Waals surface area contributed by atoms with Gasteiger partial charge in [0.05, 0.1) is 12.0 Å². The summed E-state index contributed by atoms with van der Waals surface area (Å²) in [5.74, 6) is 1.28. The number of benzene rings is 1. The van der Waals surface area contributed by atoms with Gasteiger partial charge in [-0.05, 0) is 37.3 Å². The predicted octanol–water partition coefficient (Wildman–Crippen LogP) is 2.16. The number of fused-ring (bicyclic) bond motifs is 1. The van der Waals surface area contributed by atoms with E-state index in [0.717, 1.165) is 48.6 Å². The van der Waals surface area contributed by atoms with Crippen LogP contribution in [0.1, 0.15) is 13.8 Å². The highest BCUT2D eigenvalue weighted by molar-refractivity contribution is 5.88. The summed E-state index contributed by atoms with van der Waals surface area (Å²) in [7, 11) is 0. The van der Waals surface area contributed by atoms with E-state index < -0.39 is 0 Å². The van der Waals surface area contributed by atoms with Crippen molar-refractivity contribution >= 4 is 40.1 Å². The van der Waals surface area contributed by atoms with Gasteiger partial charge in [0.1, 0.15) is 11.5 Å². The number of nitrogens with one attached hydrogen (secondary N) is 3. The van der Waals surface area contributed by atoms with Crippen LogP contribution in [0.3, 0.4) is 0 Å². The van der Waals surface area contributed by atoms with E-state index in [-0.39, 0.29) is 18.6 Å². The van der Waals surface area contributed by atoms with Gasteiger partial charge >= 0.3 is 0 Å². The molecule has 1 aliphatic rings. The lowest BCUT2D eigenvalue weighted by atomic mass is 10.2. The standard InChI is InChI=1S/C21H27N7O2/c1-14(13-29)23-20-18-7-8-22-19(18)25-21(26-20)24-16-3-5-17(6-4-16)28-11-9-27(10-12-28)15(2)30/h3-8,14,29H,9-13H2,1-2H3,(H3,22,23,24,25,26)/t14-/m1/s1. The summed E-state index contributed by atoms with van der Waals surface area (Å²) < 4.78 is 0. The molecule has 0 aliphatic carbocycles. The first kappa shape index (κ1) is 20.0. The molecule has 30 heavy (non-hydrogen) atoms. The van der Waals surface area contributed by atoms with Gasteiger partial charge in [0.25, 0.3) is 0 Å². The van der Waals surface area contributed by atoms with Crippen molar-refractivity contribution in [1.29, 1.82) is 0 Å². The molecule has 0 saturated carbocycles. The number of anilines is 4. The van der Waals surface area contributed by atoms with Crippen LogP contribution in [0.2, 0.25) is 0 Å². The van der Waals surface area contributed by atoms with E-state index in [9.17, 15) is 9.90 Å². The van der Waals surface area contributed by atoms with E-state index in [1.807, 2.05) is 36.2 Å². The second kappa shape index (κ2) is 8.58. The average Bonchev–Trinajstić information content (AvgIpc) is 3.23. The van der Waals surface area contributed by atoms with Crippen molar-refractivity contribution in [2.24, 2.45) is 0 Å². The summed E-state index contributed by atoms with van der Waals surface area (Å²) in [5, 5.41) is 16.7. The molecule has 0 radical (unpaired) electrons. The highest BCUT2D eigenvalue weighted by atomic mass is 16.3. The topological polar surface area (TPSA) is 109 Å². The van der Waals surface area contributed by atoms with E-state index >= 15 is 0 Å². The Bertz CT molecular complexity index is 1010. The van der Waals surface area contributed by atoms with Gasteiger partial charge in [-0.2, -0.15) is 9.97 Å². The number of carbonyl (C=O) groups excluding carboxylic acids is 1. The van der Waals surface area contributed by atoms with E-state index in [2.05, 4.69) is 42.6 Å². The summed E-state index contributed by atoms with van der Waals surface area (Å²) in [6, 6.07) is 9.91. The molecule has 1 fully saturated rings. The Balaban J connectivity index is 1.47. The van der Waals surface area contributed by atoms with E-state index in [4.69, 9.17) is 0 Å². The molecule has 1 atom stereocenters. The fourth-order valence-electron chi connectivity index (χ4n) is 3.55. The highest BCUT2D eigenvalue weighted by Crippen LogP contribution is 2.25. The molecule has 0 unspecified atom stereocenters. The molecular formula is C21H27N7O2. The fourth-order valence-corrected chi connectivity index (χ4v) is 3.55. The minimum atomic E-state index is -0.117. The SMILES string of the molecule is CC(=O)N1CCN(c2ccc(Nc3nc(N[C@H](C)CO)c4cc[nH]c4n3)cc2)CC1. The molecule has 158 valence electrons. The molecule has 0 spiro atoms. The summed E-state index contributed by atoms with van der Waals surface area (Å²) in [6.45, 7) is 6.69. The first-order valence-electron chi connectivity index (χ1n) is 10.1. The van der Waals surface area contributed by atoms with Gasteiger partial charge < -0.3 is 30.5 Å². The van der Waals surface area contributed by atoms with Crippen molar-refractivity contribution < 1.29 is 9.90 Å². The van der Waals surface area contributed by atoms with Gasteiger partial charge in [-0.25, -0.2) is 0 Å². The smallest absolute Gasteiger partial charge is 0.231 e. The molecule has 3 aromatic rings. The quantitative estimate of drug-likeness (QED) is 0.494. The summed E-state index contributed by atoms with van der Waals surface area (Å²) in [6.07, 6.45) is 1.82. The maximum Gasteiger partial charge on any atom is 0.231 e. The van der Waals surface area contributed by atoms with Crippen molar-refractivity contribution in [2.75, 3.05) is 48.3 Å². The lowest BCUT2D eigenvalue weighted by molar-refractivity contribution is -0.129. The van der Waals surface area contributed by atoms with E-state index in [0.29, 0.717) is 11.8 Å². The van der Waals surface area contributed by atoms with Crippen molar-refractivity contribution in [2.45, 2.75) is 19.9 Å². The van der Waals surface area contributed by atoms with Gasteiger partial charge in [0, 0.05) is 56.7 Å². The van der Waals surface area contributed by atoms with Crippen LogP contribution >= 0.6 is 0 Å². The lowest BCUT2D eigenvalue weighted by Gasteiger charge is -2.35. The van der Waals surface area contributed by atoms with Crippen LogP contribution in [0, 0.1) is 0 Å². The van der Waals surface area contributed by atoms with Gasteiger partial charge in [0.15, 0.2) is 0 Å². The monoisotopic (exact) mass is 409 g/mol. The normalized spacial score (nSPS) is 15.3. The number of hydrogen-bond acceptors (Lipinski definition) is 7. The molecular weight excluding hydrogens is 382 g/mol. The van der Waals surface area contributed by atoms with E-state index in [1.54, 1.807) is 6.92 Å². The molecule has 0 bridgehead atoms. The van der Waals surface area contributed by atoms with E-state index in [1.165, 1.54) is 0 Å². The zero-order chi connectivity index (χ0) is 21.1. The Morgan fingerprint density at radius 1 is 1.17 bits per heavy atom. The maximum absolute atomic E-state index is 11.5. The Kier molecular flexibility index (Phi) is 5.71. The number of rotatable bonds is 6. The fraction of sp³-hybridized carbons (Fsp3) is 0.381. The summed E-state index contributed by atoms with van der Waals surface area (Å²) >= 11 is 0. The van der Waals surface area contributed by atoms with Crippen LogP contribution < -0.4 is 15.5 Å². The highest BCUT2D eigenvalue weighted by Gasteiger charge is 2.18. The Morgan fingerprint density at radius 3 is 2.57 bits per heavy atom. The first-order chi connectivity index (χ1) is 14.5. The van der Waals surface area contributed by atoms with Crippen molar-refractivity contribution in [1.82, 2.24) is 19.9 Å². The predicted molar refractivity (Wildman–Crippen MR) is 118 cm³/mol. The number of carbonyl (C=O) groups is 1. The third kappa shape index (κ3) is 4.30. The number of amides is 1. The van der Waals surface area contributed by atoms with Gasteiger partial charge in [-0.15, -0.1) is 0 Å². The zero-order valence-electron chi connectivity index (χ0n) is 17.2. The molecule has 1 aromatic carbocycles. The third-order valence-electron chi connectivity index (χ3n) is 5.29. The van der Waals surface area contributed by atoms with Gasteiger partial charge in [-0.3, -0.25) is 4.79 Å². The lowest BCUT2D eigenvalue weighted by Crippen LogP contribution is -2.48. The molecule has 4 rings (SSSR count). The van der Waals surface area contributed by atoms with Crippen LogP contribution in [0.15, 0.2) is 36.5 Å². The van der Waals surface area contributed by atoms with Crippen molar-refractivity contribution in [3.63, 3.8) is 0 Å². The minimum Gasteiger partial charge on any atom is -0.394 e. The second-order valence-corrected chi connectivity index (χ2v) is 7.53. The molecule has 1 amide bonds. The van der Waals surface area contributed by atoms with Crippen LogP contribution in [-0.2, 0) is 4.79 Å². The summed E-state index contributed by atoms with van der Waals surface area (Å²) in [4.78, 5) is 27.9.